The summed E-state index contributed by atoms with van der Waals surface area (Å²) < 4.78 is 1.08. The van der Waals surface area contributed by atoms with Crippen LogP contribution in [0.5, 0.6) is 0 Å². The van der Waals surface area contributed by atoms with Crippen molar-refractivity contribution in [2.75, 3.05) is 24.5 Å². The van der Waals surface area contributed by atoms with E-state index < -0.39 is 0 Å². The molecule has 0 unspecified atom stereocenters. The molecule has 3 nitrogen and oxygen atoms in total. The van der Waals surface area contributed by atoms with E-state index in [2.05, 4.69) is 25.8 Å². The molecule has 82 valence electrons. The van der Waals surface area contributed by atoms with Crippen LogP contribution in [0.15, 0.2) is 22.8 Å². The van der Waals surface area contributed by atoms with Crippen LogP contribution in [0.1, 0.15) is 12.8 Å². The topological polar surface area (TPSA) is 42.1 Å². The molecule has 0 aromatic carbocycles. The molecule has 0 saturated carbocycles. The number of piperidine rings is 1. The van der Waals surface area contributed by atoms with Crippen molar-refractivity contribution in [2.24, 2.45) is 11.7 Å². The monoisotopic (exact) mass is 269 g/mol. The zero-order chi connectivity index (χ0) is 10.7. The molecule has 0 radical (unpaired) electrons. The van der Waals surface area contributed by atoms with E-state index in [-0.39, 0.29) is 0 Å². The van der Waals surface area contributed by atoms with Crippen molar-refractivity contribution >= 4 is 21.7 Å². The fourth-order valence-corrected chi connectivity index (χ4v) is 2.50. The van der Waals surface area contributed by atoms with Crippen molar-refractivity contribution in [3.8, 4) is 0 Å². The Hall–Kier alpha value is -0.610. The average molecular weight is 270 g/mol. The number of nitrogens with zero attached hydrogens (tertiary/aromatic N) is 2. The molecule has 15 heavy (non-hydrogen) atoms. The van der Waals surface area contributed by atoms with Crippen molar-refractivity contribution in [1.29, 1.82) is 0 Å². The van der Waals surface area contributed by atoms with Crippen molar-refractivity contribution in [2.45, 2.75) is 12.8 Å². The van der Waals surface area contributed by atoms with Gasteiger partial charge >= 0.3 is 0 Å². The van der Waals surface area contributed by atoms with Crippen LogP contribution in [0.3, 0.4) is 0 Å². The van der Waals surface area contributed by atoms with E-state index in [1.807, 2.05) is 18.3 Å². The standard InChI is InChI=1S/C11H16BrN3/c12-10-2-1-5-14-11(10)15-6-3-9(8-13)4-7-15/h1-2,5,9H,3-4,6-8,13H2. The van der Waals surface area contributed by atoms with E-state index in [0.29, 0.717) is 5.92 Å². The zero-order valence-electron chi connectivity index (χ0n) is 8.69. The van der Waals surface area contributed by atoms with Crippen LogP contribution in [-0.2, 0) is 0 Å². The van der Waals surface area contributed by atoms with E-state index in [1.54, 1.807) is 0 Å². The van der Waals surface area contributed by atoms with Gasteiger partial charge in [0.15, 0.2) is 0 Å². The minimum Gasteiger partial charge on any atom is -0.356 e. The highest BCUT2D eigenvalue weighted by Crippen LogP contribution is 2.27. The van der Waals surface area contributed by atoms with Crippen molar-refractivity contribution in [3.63, 3.8) is 0 Å². The maximum atomic E-state index is 5.67. The molecule has 0 bridgehead atoms. The summed E-state index contributed by atoms with van der Waals surface area (Å²) in [6, 6.07) is 3.98. The van der Waals surface area contributed by atoms with Gasteiger partial charge in [-0.05, 0) is 53.4 Å². The van der Waals surface area contributed by atoms with Crippen LogP contribution in [0.2, 0.25) is 0 Å². The third kappa shape index (κ3) is 2.49. The first-order valence-electron chi connectivity index (χ1n) is 5.37. The molecule has 1 aliphatic rings. The van der Waals surface area contributed by atoms with Gasteiger partial charge in [0.2, 0.25) is 0 Å². The molecule has 1 aliphatic heterocycles. The predicted octanol–water partition coefficient (Wildman–Crippen LogP) is 2.02. The van der Waals surface area contributed by atoms with Crippen molar-refractivity contribution < 1.29 is 0 Å². The van der Waals surface area contributed by atoms with E-state index in [9.17, 15) is 0 Å². The Bertz CT molecular complexity index is 321. The molecule has 1 fully saturated rings. The SMILES string of the molecule is NCC1CCN(c2ncccc2Br)CC1. The number of nitrogens with two attached hydrogens (primary N) is 1. The fraction of sp³-hybridized carbons (Fsp3) is 0.545. The Morgan fingerprint density at radius 2 is 2.20 bits per heavy atom. The molecule has 2 rings (SSSR count). The number of rotatable bonds is 2. The Kier molecular flexibility index (Phi) is 3.59. The normalized spacial score (nSPS) is 18.1. The van der Waals surface area contributed by atoms with Gasteiger partial charge in [-0.3, -0.25) is 0 Å². The van der Waals surface area contributed by atoms with E-state index in [4.69, 9.17) is 5.73 Å². The zero-order valence-corrected chi connectivity index (χ0v) is 10.3. The molecular formula is C11H16BrN3. The smallest absolute Gasteiger partial charge is 0.142 e. The molecule has 0 amide bonds. The summed E-state index contributed by atoms with van der Waals surface area (Å²) >= 11 is 3.54. The maximum Gasteiger partial charge on any atom is 0.142 e. The second-order valence-corrected chi connectivity index (χ2v) is 4.83. The summed E-state index contributed by atoms with van der Waals surface area (Å²) in [6.07, 6.45) is 4.20. The first kappa shape index (κ1) is 10.9. The van der Waals surface area contributed by atoms with E-state index >= 15 is 0 Å². The first-order chi connectivity index (χ1) is 7.31. The lowest BCUT2D eigenvalue weighted by Gasteiger charge is -2.32. The number of hydrogen-bond acceptors (Lipinski definition) is 3. The summed E-state index contributed by atoms with van der Waals surface area (Å²) in [5, 5.41) is 0. The van der Waals surface area contributed by atoms with Gasteiger partial charge in [-0.15, -0.1) is 0 Å². The fourth-order valence-electron chi connectivity index (χ4n) is 1.99. The molecule has 2 heterocycles. The highest BCUT2D eigenvalue weighted by Gasteiger charge is 2.20. The maximum absolute atomic E-state index is 5.67. The van der Waals surface area contributed by atoms with Crippen LogP contribution in [0.4, 0.5) is 5.82 Å². The first-order valence-corrected chi connectivity index (χ1v) is 6.16. The average Bonchev–Trinajstić information content (AvgIpc) is 2.30. The molecule has 0 spiro atoms. The predicted molar refractivity (Wildman–Crippen MR) is 65.9 cm³/mol. The molecule has 4 heteroatoms. The third-order valence-electron chi connectivity index (χ3n) is 2.99. The van der Waals surface area contributed by atoms with Crippen LogP contribution in [0.25, 0.3) is 0 Å². The van der Waals surface area contributed by atoms with Crippen molar-refractivity contribution in [3.05, 3.63) is 22.8 Å². The van der Waals surface area contributed by atoms with E-state index in [0.717, 1.165) is 29.9 Å². The summed E-state index contributed by atoms with van der Waals surface area (Å²) in [5.74, 6) is 1.76. The van der Waals surface area contributed by atoms with Gasteiger partial charge in [-0.2, -0.15) is 0 Å². The lowest BCUT2D eigenvalue weighted by atomic mass is 9.97. The second kappa shape index (κ2) is 4.94. The third-order valence-corrected chi connectivity index (χ3v) is 3.61. The largest absolute Gasteiger partial charge is 0.356 e. The van der Waals surface area contributed by atoms with Gasteiger partial charge in [-0.25, -0.2) is 4.98 Å². The van der Waals surface area contributed by atoms with Gasteiger partial charge in [0.25, 0.3) is 0 Å². The Morgan fingerprint density at radius 3 is 2.80 bits per heavy atom. The van der Waals surface area contributed by atoms with Gasteiger partial charge in [0.1, 0.15) is 5.82 Å². The summed E-state index contributed by atoms with van der Waals surface area (Å²) in [4.78, 5) is 6.73. The molecule has 0 aliphatic carbocycles. The Morgan fingerprint density at radius 1 is 1.47 bits per heavy atom. The number of anilines is 1. The number of pyridine rings is 1. The summed E-state index contributed by atoms with van der Waals surface area (Å²) in [5.41, 5.74) is 5.67. The van der Waals surface area contributed by atoms with Gasteiger partial charge < -0.3 is 10.6 Å². The minimum absolute atomic E-state index is 0.698. The van der Waals surface area contributed by atoms with Gasteiger partial charge in [0.05, 0.1) is 4.47 Å². The van der Waals surface area contributed by atoms with Crippen molar-refractivity contribution in [1.82, 2.24) is 4.98 Å². The molecule has 1 aromatic rings. The number of aromatic nitrogens is 1. The summed E-state index contributed by atoms with van der Waals surface area (Å²) in [7, 11) is 0. The molecule has 1 saturated heterocycles. The van der Waals surface area contributed by atoms with Gasteiger partial charge in [-0.1, -0.05) is 0 Å². The highest BCUT2D eigenvalue weighted by molar-refractivity contribution is 9.10. The quantitative estimate of drug-likeness (QED) is 0.894. The summed E-state index contributed by atoms with van der Waals surface area (Å²) in [6.45, 7) is 2.95. The second-order valence-electron chi connectivity index (χ2n) is 3.97. The number of hydrogen-bond donors (Lipinski definition) is 1. The Balaban J connectivity index is 2.04. The van der Waals surface area contributed by atoms with Crippen LogP contribution in [0, 0.1) is 5.92 Å². The lowest BCUT2D eigenvalue weighted by Crippen LogP contribution is -2.36. The van der Waals surface area contributed by atoms with Gasteiger partial charge in [0, 0.05) is 19.3 Å². The van der Waals surface area contributed by atoms with Crippen LogP contribution >= 0.6 is 15.9 Å². The molecule has 2 N–H and O–H groups in total. The van der Waals surface area contributed by atoms with E-state index in [1.165, 1.54) is 12.8 Å². The molecule has 1 aromatic heterocycles. The minimum atomic E-state index is 0.698. The van der Waals surface area contributed by atoms with Crippen LogP contribution in [-0.4, -0.2) is 24.6 Å². The molecular weight excluding hydrogens is 254 g/mol. The Labute approximate surface area is 98.8 Å². The lowest BCUT2D eigenvalue weighted by molar-refractivity contribution is 0.413. The number of halogens is 1. The van der Waals surface area contributed by atoms with Crippen LogP contribution < -0.4 is 10.6 Å². The highest BCUT2D eigenvalue weighted by atomic mass is 79.9. The molecule has 0 atom stereocenters.